The minimum absolute atomic E-state index is 0.00512. The number of carbonyl (C=O) groups is 2. The fourth-order valence-corrected chi connectivity index (χ4v) is 2.37. The zero-order valence-corrected chi connectivity index (χ0v) is 13.3. The molecule has 1 aliphatic heterocycles. The number of benzene rings is 1. The molecular formula is C17H23NO4. The fraction of sp³-hybridized carbons (Fsp3) is 0.529. The Morgan fingerprint density at radius 3 is 2.55 bits per heavy atom. The first-order valence-corrected chi connectivity index (χ1v) is 7.57. The van der Waals surface area contributed by atoms with Gasteiger partial charge in [0.15, 0.2) is 5.78 Å². The molecule has 0 spiro atoms. The monoisotopic (exact) mass is 305 g/mol. The molecule has 120 valence electrons. The molecule has 1 aromatic rings. The average Bonchev–Trinajstić information content (AvgIpc) is 2.45. The number of ether oxygens (including phenoxy) is 2. The highest BCUT2D eigenvalue weighted by atomic mass is 16.6. The smallest absolute Gasteiger partial charge is 0.412 e. The van der Waals surface area contributed by atoms with E-state index in [1.54, 1.807) is 45.0 Å². The van der Waals surface area contributed by atoms with E-state index in [-0.39, 0.29) is 11.7 Å². The molecule has 0 aliphatic carbocycles. The minimum atomic E-state index is -0.556. The van der Waals surface area contributed by atoms with Gasteiger partial charge in [-0.15, -0.1) is 0 Å². The first kappa shape index (κ1) is 16.5. The summed E-state index contributed by atoms with van der Waals surface area (Å²) < 4.78 is 10.5. The Hall–Kier alpha value is -1.88. The zero-order chi connectivity index (χ0) is 16.2. The number of ketones is 1. The van der Waals surface area contributed by atoms with Crippen molar-refractivity contribution < 1.29 is 19.1 Å². The number of amides is 1. The summed E-state index contributed by atoms with van der Waals surface area (Å²) in [4.78, 5) is 24.2. The maximum absolute atomic E-state index is 12.5. The number of Topliss-reactive ketones (excluding diaryl/α,β-unsaturated/α-hetero) is 1. The van der Waals surface area contributed by atoms with E-state index in [4.69, 9.17) is 9.47 Å². The van der Waals surface area contributed by atoms with E-state index in [0.717, 1.165) is 12.8 Å². The molecule has 0 saturated carbocycles. The molecule has 0 unspecified atom stereocenters. The van der Waals surface area contributed by atoms with E-state index in [1.807, 2.05) is 0 Å². The first-order chi connectivity index (χ1) is 10.3. The van der Waals surface area contributed by atoms with Gasteiger partial charge in [-0.05, 0) is 45.7 Å². The number of nitrogens with one attached hydrogen (secondary N) is 1. The second-order valence-electron chi connectivity index (χ2n) is 6.46. The molecule has 1 N–H and O–H groups in total. The lowest BCUT2D eigenvalue weighted by atomic mass is 9.91. The van der Waals surface area contributed by atoms with E-state index in [1.165, 1.54) is 0 Å². The summed E-state index contributed by atoms with van der Waals surface area (Å²) in [6, 6.07) is 6.98. The first-order valence-electron chi connectivity index (χ1n) is 7.57. The van der Waals surface area contributed by atoms with Gasteiger partial charge in [-0.25, -0.2) is 4.79 Å². The highest BCUT2D eigenvalue weighted by Gasteiger charge is 2.23. The normalized spacial score (nSPS) is 16.1. The number of hydrogen-bond acceptors (Lipinski definition) is 4. The van der Waals surface area contributed by atoms with Gasteiger partial charge >= 0.3 is 6.09 Å². The molecule has 0 atom stereocenters. The Balaban J connectivity index is 2.03. The Kier molecular flexibility index (Phi) is 5.19. The van der Waals surface area contributed by atoms with Crippen LogP contribution in [0.2, 0.25) is 0 Å². The highest BCUT2D eigenvalue weighted by molar-refractivity contribution is 5.99. The summed E-state index contributed by atoms with van der Waals surface area (Å²) in [6.45, 7) is 6.67. The molecule has 1 amide bonds. The van der Waals surface area contributed by atoms with Crippen LogP contribution in [0.25, 0.3) is 0 Å². The summed E-state index contributed by atoms with van der Waals surface area (Å²) in [5, 5.41) is 2.66. The van der Waals surface area contributed by atoms with Crippen LogP contribution in [0.1, 0.15) is 44.0 Å². The molecule has 22 heavy (non-hydrogen) atoms. The molecule has 1 aromatic carbocycles. The summed E-state index contributed by atoms with van der Waals surface area (Å²) in [6.07, 6.45) is 0.980. The van der Waals surface area contributed by atoms with Gasteiger partial charge in [0.05, 0.1) is 0 Å². The molecule has 1 aliphatic rings. The minimum Gasteiger partial charge on any atom is -0.444 e. The van der Waals surface area contributed by atoms with Crippen LogP contribution in [0.4, 0.5) is 10.5 Å². The Labute approximate surface area is 131 Å². The van der Waals surface area contributed by atoms with Gasteiger partial charge in [0.25, 0.3) is 0 Å². The lowest BCUT2D eigenvalue weighted by Gasteiger charge is -2.21. The van der Waals surface area contributed by atoms with Crippen LogP contribution in [-0.4, -0.2) is 30.7 Å². The van der Waals surface area contributed by atoms with Crippen LogP contribution >= 0.6 is 0 Å². The van der Waals surface area contributed by atoms with Crippen molar-refractivity contribution in [2.24, 2.45) is 5.92 Å². The third kappa shape index (κ3) is 4.84. The van der Waals surface area contributed by atoms with Gasteiger partial charge in [0.2, 0.25) is 0 Å². The number of rotatable bonds is 3. The molecule has 1 saturated heterocycles. The second-order valence-corrected chi connectivity index (χ2v) is 6.46. The largest absolute Gasteiger partial charge is 0.444 e. The molecule has 0 aromatic heterocycles. The molecular weight excluding hydrogens is 282 g/mol. The molecule has 0 bridgehead atoms. The topological polar surface area (TPSA) is 64.6 Å². The van der Waals surface area contributed by atoms with Crippen molar-refractivity contribution in [1.29, 1.82) is 0 Å². The van der Waals surface area contributed by atoms with Crippen molar-refractivity contribution in [2.45, 2.75) is 39.2 Å². The van der Waals surface area contributed by atoms with Gasteiger partial charge < -0.3 is 9.47 Å². The predicted octanol–water partition coefficient (Wildman–Crippen LogP) is 3.64. The van der Waals surface area contributed by atoms with E-state index >= 15 is 0 Å². The van der Waals surface area contributed by atoms with Crippen molar-refractivity contribution >= 4 is 17.6 Å². The lowest BCUT2D eigenvalue weighted by Crippen LogP contribution is -2.27. The third-order valence-electron chi connectivity index (χ3n) is 3.38. The van der Waals surface area contributed by atoms with Gasteiger partial charge in [-0.3, -0.25) is 10.1 Å². The predicted molar refractivity (Wildman–Crippen MR) is 84.2 cm³/mol. The Morgan fingerprint density at radius 1 is 1.23 bits per heavy atom. The van der Waals surface area contributed by atoms with E-state index in [9.17, 15) is 9.59 Å². The van der Waals surface area contributed by atoms with Crippen molar-refractivity contribution in [3.05, 3.63) is 29.8 Å². The van der Waals surface area contributed by atoms with Crippen LogP contribution < -0.4 is 5.32 Å². The molecule has 1 heterocycles. The van der Waals surface area contributed by atoms with E-state index in [2.05, 4.69) is 5.32 Å². The van der Waals surface area contributed by atoms with Crippen LogP contribution in [0.3, 0.4) is 0 Å². The number of anilines is 1. The fourth-order valence-electron chi connectivity index (χ4n) is 2.37. The van der Waals surface area contributed by atoms with Crippen molar-refractivity contribution in [3.63, 3.8) is 0 Å². The maximum atomic E-state index is 12.5. The molecule has 5 nitrogen and oxygen atoms in total. The average molecular weight is 305 g/mol. The lowest BCUT2D eigenvalue weighted by molar-refractivity contribution is 0.0544. The molecule has 2 rings (SSSR count). The van der Waals surface area contributed by atoms with Gasteiger partial charge in [0.1, 0.15) is 5.60 Å². The Bertz CT molecular complexity index is 542. The SMILES string of the molecule is CC(C)(C)OC(=O)Nc1cccc(C(=O)C2CCOCC2)c1. The quantitative estimate of drug-likeness (QED) is 0.866. The molecule has 1 fully saturated rings. The van der Waals surface area contributed by atoms with Gasteiger partial charge in [0, 0.05) is 30.4 Å². The molecule has 0 radical (unpaired) electrons. The van der Waals surface area contributed by atoms with E-state index < -0.39 is 11.7 Å². The zero-order valence-electron chi connectivity index (χ0n) is 13.3. The number of carbonyl (C=O) groups excluding carboxylic acids is 2. The van der Waals surface area contributed by atoms with Crippen molar-refractivity contribution in [2.75, 3.05) is 18.5 Å². The van der Waals surface area contributed by atoms with Crippen molar-refractivity contribution in [1.82, 2.24) is 0 Å². The summed E-state index contributed by atoms with van der Waals surface area (Å²) in [7, 11) is 0. The molecule has 5 heteroatoms. The summed E-state index contributed by atoms with van der Waals surface area (Å²) in [5.74, 6) is 0.113. The number of hydrogen-bond donors (Lipinski definition) is 1. The Morgan fingerprint density at radius 2 is 1.91 bits per heavy atom. The van der Waals surface area contributed by atoms with Crippen LogP contribution in [0.5, 0.6) is 0 Å². The maximum Gasteiger partial charge on any atom is 0.412 e. The summed E-state index contributed by atoms with van der Waals surface area (Å²) >= 11 is 0. The van der Waals surface area contributed by atoms with Crippen molar-refractivity contribution in [3.8, 4) is 0 Å². The van der Waals surface area contributed by atoms with Gasteiger partial charge in [-0.1, -0.05) is 12.1 Å². The standard InChI is InChI=1S/C17H23NO4/c1-17(2,3)22-16(20)18-14-6-4-5-13(11-14)15(19)12-7-9-21-10-8-12/h4-6,11-12H,7-10H2,1-3H3,(H,18,20). The van der Waals surface area contributed by atoms with E-state index in [0.29, 0.717) is 24.5 Å². The highest BCUT2D eigenvalue weighted by Crippen LogP contribution is 2.22. The summed E-state index contributed by atoms with van der Waals surface area (Å²) in [5.41, 5.74) is 0.618. The third-order valence-corrected chi connectivity index (χ3v) is 3.38. The second kappa shape index (κ2) is 6.92. The van der Waals surface area contributed by atoms with Crippen LogP contribution in [0.15, 0.2) is 24.3 Å². The van der Waals surface area contributed by atoms with Gasteiger partial charge in [-0.2, -0.15) is 0 Å². The van der Waals surface area contributed by atoms with Crippen LogP contribution in [0, 0.1) is 5.92 Å². The van der Waals surface area contributed by atoms with Crippen LogP contribution in [-0.2, 0) is 9.47 Å².